The van der Waals surface area contributed by atoms with E-state index in [0.717, 1.165) is 25.7 Å². The minimum atomic E-state index is 0. The van der Waals surface area contributed by atoms with Crippen molar-refractivity contribution in [1.29, 1.82) is 5.41 Å². The lowest BCUT2D eigenvalue weighted by Crippen LogP contribution is -2.03. The van der Waals surface area contributed by atoms with Crippen LogP contribution in [-0.2, 0) is 4.74 Å². The summed E-state index contributed by atoms with van der Waals surface area (Å²) >= 11 is 5.48. The van der Waals surface area contributed by atoms with Crippen molar-refractivity contribution < 1.29 is 4.74 Å². The molecule has 1 N–H and O–H groups in total. The first-order chi connectivity index (χ1) is 5.31. The minimum absolute atomic E-state index is 0. The highest BCUT2D eigenvalue weighted by atomic mass is 35.5. The van der Waals surface area contributed by atoms with Gasteiger partial charge in [0.2, 0.25) is 0 Å². The fourth-order valence-electron chi connectivity index (χ4n) is 0.677. The molecule has 0 saturated carbocycles. The highest BCUT2D eigenvalue weighted by molar-refractivity contribution is 6.17. The smallest absolute Gasteiger partial charge is 0.180 e. The summed E-state index contributed by atoms with van der Waals surface area (Å²) in [7, 11) is 0. The van der Waals surface area contributed by atoms with E-state index in [0.29, 0.717) is 18.4 Å². The minimum Gasteiger partial charge on any atom is -0.481 e. The van der Waals surface area contributed by atoms with Crippen LogP contribution in [0.1, 0.15) is 32.6 Å². The number of hydrogen-bond acceptors (Lipinski definition) is 2. The van der Waals surface area contributed by atoms with Crippen molar-refractivity contribution in [3.63, 3.8) is 0 Å². The fourth-order valence-corrected chi connectivity index (χ4v) is 0.866. The Hall–Kier alpha value is 0.0500. The maximum atomic E-state index is 7.31. The molecule has 0 spiro atoms. The molecule has 0 aromatic carbocycles. The molecule has 0 bridgehead atoms. The Morgan fingerprint density at radius 2 is 2.08 bits per heavy atom. The zero-order valence-electron chi connectivity index (χ0n) is 7.44. The van der Waals surface area contributed by atoms with Gasteiger partial charge in [-0.25, -0.2) is 0 Å². The van der Waals surface area contributed by atoms with Gasteiger partial charge < -0.3 is 4.74 Å². The zero-order chi connectivity index (χ0) is 8.53. The molecule has 0 aliphatic carbocycles. The van der Waals surface area contributed by atoms with E-state index in [4.69, 9.17) is 21.7 Å². The lowest BCUT2D eigenvalue weighted by molar-refractivity contribution is 0.291. The molecule has 0 aliphatic rings. The van der Waals surface area contributed by atoms with E-state index in [2.05, 4.69) is 0 Å². The maximum absolute atomic E-state index is 7.31. The average molecular weight is 214 g/mol. The summed E-state index contributed by atoms with van der Waals surface area (Å²) in [6.45, 7) is 2.70. The summed E-state index contributed by atoms with van der Waals surface area (Å²) in [6.07, 6.45) is 3.63. The van der Waals surface area contributed by atoms with E-state index >= 15 is 0 Å². The molecule has 4 heteroatoms. The van der Waals surface area contributed by atoms with Crippen LogP contribution in [0, 0.1) is 5.41 Å². The van der Waals surface area contributed by atoms with E-state index in [1.54, 1.807) is 0 Å². The summed E-state index contributed by atoms with van der Waals surface area (Å²) in [5.74, 6) is 1.08. The molecule has 0 aliphatic heterocycles. The van der Waals surface area contributed by atoms with Gasteiger partial charge in [0.25, 0.3) is 0 Å². The van der Waals surface area contributed by atoms with E-state index in [-0.39, 0.29) is 12.4 Å². The van der Waals surface area contributed by atoms with Crippen molar-refractivity contribution in [3.05, 3.63) is 0 Å². The van der Waals surface area contributed by atoms with Crippen LogP contribution < -0.4 is 0 Å². The molecule has 74 valence electrons. The van der Waals surface area contributed by atoms with Gasteiger partial charge in [-0.05, 0) is 19.3 Å². The van der Waals surface area contributed by atoms with Gasteiger partial charge in [0.1, 0.15) is 0 Å². The molecule has 2 nitrogen and oxygen atoms in total. The molecule has 12 heavy (non-hydrogen) atoms. The lowest BCUT2D eigenvalue weighted by Gasteiger charge is -2.04. The maximum Gasteiger partial charge on any atom is 0.180 e. The predicted molar refractivity (Wildman–Crippen MR) is 55.8 cm³/mol. The third-order valence-electron chi connectivity index (χ3n) is 1.27. The second-order valence-electron chi connectivity index (χ2n) is 2.42. The van der Waals surface area contributed by atoms with Gasteiger partial charge in [-0.1, -0.05) is 6.92 Å². The van der Waals surface area contributed by atoms with Crippen molar-refractivity contribution in [3.8, 4) is 0 Å². The highest BCUT2D eigenvalue weighted by Gasteiger charge is 1.95. The van der Waals surface area contributed by atoms with Crippen LogP contribution in [0.4, 0.5) is 0 Å². The van der Waals surface area contributed by atoms with Crippen molar-refractivity contribution in [2.24, 2.45) is 0 Å². The Morgan fingerprint density at radius 3 is 2.58 bits per heavy atom. The van der Waals surface area contributed by atoms with Gasteiger partial charge in [-0.3, -0.25) is 5.41 Å². The largest absolute Gasteiger partial charge is 0.481 e. The van der Waals surface area contributed by atoms with E-state index in [9.17, 15) is 0 Å². The first-order valence-corrected chi connectivity index (χ1v) is 4.61. The second kappa shape index (κ2) is 11.1. The van der Waals surface area contributed by atoms with Crippen LogP contribution >= 0.6 is 24.0 Å². The lowest BCUT2D eigenvalue weighted by atomic mass is 10.2. The van der Waals surface area contributed by atoms with Crippen LogP contribution in [-0.4, -0.2) is 18.4 Å². The normalized spacial score (nSPS) is 8.83. The van der Waals surface area contributed by atoms with Gasteiger partial charge in [-0.15, -0.1) is 24.0 Å². The average Bonchev–Trinajstić information content (AvgIpc) is 2.01. The molecule has 0 rings (SSSR count). The number of alkyl halides is 1. The standard InChI is InChI=1S/C8H16ClNO.ClH/c1-2-7-11-8(10)5-3-4-6-9;/h10H,2-7H2,1H3;1H. The number of rotatable bonds is 6. The summed E-state index contributed by atoms with van der Waals surface area (Å²) in [5, 5.41) is 7.31. The Kier molecular flexibility index (Phi) is 13.4. The second-order valence-corrected chi connectivity index (χ2v) is 2.80. The summed E-state index contributed by atoms with van der Waals surface area (Å²) < 4.78 is 5.08. The topological polar surface area (TPSA) is 33.1 Å². The van der Waals surface area contributed by atoms with Crippen molar-refractivity contribution in [2.45, 2.75) is 32.6 Å². The SMILES string of the molecule is CCCOC(=N)CCCCCl.Cl. The monoisotopic (exact) mass is 213 g/mol. The van der Waals surface area contributed by atoms with Crippen molar-refractivity contribution in [1.82, 2.24) is 0 Å². The summed E-state index contributed by atoms with van der Waals surface area (Å²) in [4.78, 5) is 0. The van der Waals surface area contributed by atoms with Crippen LogP contribution in [0.25, 0.3) is 0 Å². The highest BCUT2D eigenvalue weighted by Crippen LogP contribution is 1.99. The number of halogens is 2. The molecule has 0 aromatic heterocycles. The predicted octanol–water partition coefficient (Wildman–Crippen LogP) is 3.22. The first kappa shape index (κ1) is 14.6. The molecule has 0 fully saturated rings. The molecule has 0 atom stereocenters. The molecule has 0 amide bonds. The van der Waals surface area contributed by atoms with E-state index < -0.39 is 0 Å². The van der Waals surface area contributed by atoms with Gasteiger partial charge in [-0.2, -0.15) is 0 Å². The Balaban J connectivity index is 0. The molecule has 0 unspecified atom stereocenters. The third kappa shape index (κ3) is 10.0. The summed E-state index contributed by atoms with van der Waals surface area (Å²) in [5.41, 5.74) is 0. The zero-order valence-corrected chi connectivity index (χ0v) is 9.01. The Morgan fingerprint density at radius 1 is 1.42 bits per heavy atom. The summed E-state index contributed by atoms with van der Waals surface area (Å²) in [6, 6.07) is 0. The Bertz CT molecular complexity index is 109. The van der Waals surface area contributed by atoms with Crippen molar-refractivity contribution >= 4 is 29.9 Å². The van der Waals surface area contributed by atoms with Gasteiger partial charge in [0.05, 0.1) is 6.61 Å². The van der Waals surface area contributed by atoms with Crippen LogP contribution in [0.2, 0.25) is 0 Å². The molecule has 0 saturated heterocycles. The van der Waals surface area contributed by atoms with Gasteiger partial charge >= 0.3 is 0 Å². The number of unbranched alkanes of at least 4 members (excludes halogenated alkanes) is 1. The quantitative estimate of drug-likeness (QED) is 0.313. The van der Waals surface area contributed by atoms with E-state index in [1.807, 2.05) is 6.92 Å². The molecule has 0 radical (unpaired) electrons. The van der Waals surface area contributed by atoms with Crippen LogP contribution in [0.5, 0.6) is 0 Å². The van der Waals surface area contributed by atoms with Crippen molar-refractivity contribution in [2.75, 3.05) is 12.5 Å². The van der Waals surface area contributed by atoms with Crippen LogP contribution in [0.3, 0.4) is 0 Å². The molecule has 0 aromatic rings. The Labute approximate surface area is 85.5 Å². The van der Waals surface area contributed by atoms with Gasteiger partial charge in [0.15, 0.2) is 5.90 Å². The molecule has 0 heterocycles. The van der Waals surface area contributed by atoms with Gasteiger partial charge in [0, 0.05) is 12.3 Å². The fraction of sp³-hybridized carbons (Fsp3) is 0.875. The molecular formula is C8H17Cl2NO. The number of hydrogen-bond donors (Lipinski definition) is 1. The number of nitrogens with one attached hydrogen (secondary N) is 1. The molecular weight excluding hydrogens is 197 g/mol. The van der Waals surface area contributed by atoms with E-state index in [1.165, 1.54) is 0 Å². The first-order valence-electron chi connectivity index (χ1n) is 4.07. The third-order valence-corrected chi connectivity index (χ3v) is 1.54. The number of ether oxygens (including phenoxy) is 1. The van der Waals surface area contributed by atoms with Crippen LogP contribution in [0.15, 0.2) is 0 Å².